The number of ether oxygens (including phenoxy) is 1. The third-order valence-corrected chi connectivity index (χ3v) is 3.30. The Labute approximate surface area is 130 Å². The normalized spacial score (nSPS) is 25.5. The van der Waals surface area contributed by atoms with Gasteiger partial charge < -0.3 is 14.9 Å². The maximum absolute atomic E-state index is 13.1. The lowest BCUT2D eigenvalue weighted by Gasteiger charge is -2.39. The minimum absolute atomic E-state index is 0.415. The van der Waals surface area contributed by atoms with Crippen molar-refractivity contribution in [2.24, 2.45) is 10.4 Å². The van der Waals surface area contributed by atoms with Crippen LogP contribution in [0.25, 0.3) is 0 Å². The quantitative estimate of drug-likeness (QED) is 0.748. The van der Waals surface area contributed by atoms with Gasteiger partial charge in [-0.3, -0.25) is 4.79 Å². The van der Waals surface area contributed by atoms with Gasteiger partial charge in [-0.2, -0.15) is 26.3 Å². The Morgan fingerprint density at radius 2 is 1.67 bits per heavy atom. The van der Waals surface area contributed by atoms with E-state index in [9.17, 15) is 35.9 Å². The first-order valence-electron chi connectivity index (χ1n) is 6.25. The molecule has 6 nitrogen and oxygen atoms in total. The van der Waals surface area contributed by atoms with Crippen molar-refractivity contribution in [3.05, 3.63) is 11.3 Å². The molecule has 1 rings (SSSR count). The molecule has 0 saturated carbocycles. The van der Waals surface area contributed by atoms with E-state index < -0.39 is 59.4 Å². The van der Waals surface area contributed by atoms with E-state index >= 15 is 0 Å². The molecule has 0 bridgehead atoms. The summed E-state index contributed by atoms with van der Waals surface area (Å²) >= 11 is 0. The van der Waals surface area contributed by atoms with E-state index in [1.807, 2.05) is 0 Å². The van der Waals surface area contributed by atoms with Gasteiger partial charge in [0.05, 0.1) is 5.57 Å². The lowest BCUT2D eigenvalue weighted by Crippen LogP contribution is -2.57. The van der Waals surface area contributed by atoms with Crippen molar-refractivity contribution in [1.82, 2.24) is 0 Å². The number of halogens is 6. The Bertz CT molecular complexity index is 620. The Balaban J connectivity index is 3.93. The molecule has 12 heteroatoms. The summed E-state index contributed by atoms with van der Waals surface area (Å²) in [7, 11) is 0. The molecule has 1 aliphatic heterocycles. The summed E-state index contributed by atoms with van der Waals surface area (Å²) in [5.74, 6) is -4.50. The van der Waals surface area contributed by atoms with Crippen molar-refractivity contribution in [2.45, 2.75) is 32.3 Å². The summed E-state index contributed by atoms with van der Waals surface area (Å²) in [5.41, 5.74) is -9.50. The number of allylic oxidation sites excluding steroid dienone is 1. The first-order valence-corrected chi connectivity index (χ1v) is 6.25. The van der Waals surface area contributed by atoms with Crippen LogP contribution in [0.15, 0.2) is 16.3 Å². The van der Waals surface area contributed by atoms with E-state index in [1.165, 1.54) is 0 Å². The molecule has 0 aromatic carbocycles. The molecule has 0 radical (unpaired) electrons. The fourth-order valence-corrected chi connectivity index (χ4v) is 2.24. The van der Waals surface area contributed by atoms with Gasteiger partial charge in [-0.15, -0.1) is 0 Å². The van der Waals surface area contributed by atoms with Crippen molar-refractivity contribution in [3.63, 3.8) is 0 Å². The molecule has 1 heterocycles. The predicted molar refractivity (Wildman–Crippen MR) is 65.4 cm³/mol. The molecule has 0 spiro atoms. The smallest absolute Gasteiger partial charge is 0.433 e. The number of alkyl halides is 6. The molecule has 24 heavy (non-hydrogen) atoms. The van der Waals surface area contributed by atoms with Crippen LogP contribution >= 0.6 is 0 Å². The number of rotatable bonds is 4. The van der Waals surface area contributed by atoms with E-state index in [-0.39, 0.29) is 0 Å². The second kappa shape index (κ2) is 6.07. The highest BCUT2D eigenvalue weighted by atomic mass is 19.4. The van der Waals surface area contributed by atoms with E-state index in [0.717, 1.165) is 6.92 Å². The van der Waals surface area contributed by atoms with E-state index in [1.54, 1.807) is 0 Å². The highest BCUT2D eigenvalue weighted by Crippen LogP contribution is 2.46. The molecular formula is C12H11F6NO5. The Hall–Kier alpha value is -2.11. The van der Waals surface area contributed by atoms with Gasteiger partial charge in [-0.25, -0.2) is 9.79 Å². The minimum Gasteiger partial charge on any atom is -0.480 e. The summed E-state index contributed by atoms with van der Waals surface area (Å²) in [5, 5.41) is 18.2. The fraction of sp³-hybridized carbons (Fsp3) is 0.583. The number of hydrogen-bond acceptors (Lipinski definition) is 4. The SMILES string of the molecule is CCOC1C(C(=O)O)=C(C(F)(F)F)N=C(C(F)(F)F)C1(C)C(=O)O. The molecular weight excluding hydrogens is 352 g/mol. The number of hydrogen-bond donors (Lipinski definition) is 2. The van der Waals surface area contributed by atoms with Crippen LogP contribution in [0.3, 0.4) is 0 Å². The van der Waals surface area contributed by atoms with Crippen molar-refractivity contribution in [1.29, 1.82) is 0 Å². The van der Waals surface area contributed by atoms with Crippen LogP contribution in [0, 0.1) is 5.41 Å². The monoisotopic (exact) mass is 363 g/mol. The van der Waals surface area contributed by atoms with Crippen LogP contribution in [0.5, 0.6) is 0 Å². The molecule has 0 aromatic rings. The molecule has 2 unspecified atom stereocenters. The number of nitrogens with zero attached hydrogens (tertiary/aromatic N) is 1. The van der Waals surface area contributed by atoms with Gasteiger partial charge in [-0.05, 0) is 13.8 Å². The van der Waals surface area contributed by atoms with Gasteiger partial charge in [0.15, 0.2) is 5.70 Å². The molecule has 2 atom stereocenters. The summed E-state index contributed by atoms with van der Waals surface area (Å²) in [6.45, 7) is 1.05. The number of carboxylic acid groups (broad SMARTS) is 2. The molecule has 0 amide bonds. The second-order valence-electron chi connectivity index (χ2n) is 4.87. The van der Waals surface area contributed by atoms with Gasteiger partial charge in [-0.1, -0.05) is 0 Å². The molecule has 1 aliphatic rings. The number of aliphatic carboxylic acids is 2. The topological polar surface area (TPSA) is 96.2 Å². The average Bonchev–Trinajstić information content (AvgIpc) is 2.37. The van der Waals surface area contributed by atoms with Crippen LogP contribution in [0.2, 0.25) is 0 Å². The highest BCUT2D eigenvalue weighted by Gasteiger charge is 2.63. The zero-order valence-corrected chi connectivity index (χ0v) is 12.1. The largest absolute Gasteiger partial charge is 0.480 e. The molecule has 136 valence electrons. The lowest BCUT2D eigenvalue weighted by molar-refractivity contribution is -0.156. The van der Waals surface area contributed by atoms with Crippen LogP contribution in [-0.2, 0) is 14.3 Å². The minimum atomic E-state index is -5.56. The third-order valence-electron chi connectivity index (χ3n) is 3.30. The summed E-state index contributed by atoms with van der Waals surface area (Å²) in [6.07, 6.45) is -13.6. The Kier molecular flexibility index (Phi) is 5.04. The van der Waals surface area contributed by atoms with E-state index in [4.69, 9.17) is 10.2 Å². The molecule has 0 saturated heterocycles. The van der Waals surface area contributed by atoms with Crippen LogP contribution in [0.4, 0.5) is 26.3 Å². The Morgan fingerprint density at radius 3 is 1.96 bits per heavy atom. The molecule has 2 N–H and O–H groups in total. The molecule has 0 fully saturated rings. The predicted octanol–water partition coefficient (Wildman–Crippen LogP) is 2.40. The summed E-state index contributed by atoms with van der Waals surface area (Å²) < 4.78 is 83.0. The molecule has 0 aliphatic carbocycles. The van der Waals surface area contributed by atoms with Crippen LogP contribution in [0.1, 0.15) is 13.8 Å². The van der Waals surface area contributed by atoms with Crippen molar-refractivity contribution in [2.75, 3.05) is 6.61 Å². The lowest BCUT2D eigenvalue weighted by atomic mass is 9.73. The zero-order chi connectivity index (χ0) is 19.1. The van der Waals surface area contributed by atoms with Crippen molar-refractivity contribution < 1.29 is 50.9 Å². The standard InChI is InChI=1S/C12H11F6NO5/c1-3-24-6-4(7(20)21)5(11(13,14)15)19-8(12(16,17)18)10(6,2)9(22)23/h6H,3H2,1-2H3,(H,20,21)(H,22,23). The average molecular weight is 363 g/mol. The second-order valence-corrected chi connectivity index (χ2v) is 4.87. The summed E-state index contributed by atoms with van der Waals surface area (Å²) in [4.78, 5) is 24.9. The first-order chi connectivity index (χ1) is 10.7. The maximum atomic E-state index is 13.1. The van der Waals surface area contributed by atoms with E-state index in [2.05, 4.69) is 9.73 Å². The summed E-state index contributed by atoms with van der Waals surface area (Å²) in [6, 6.07) is 0. The fourth-order valence-electron chi connectivity index (χ4n) is 2.24. The van der Waals surface area contributed by atoms with Crippen LogP contribution in [-0.4, -0.2) is 52.9 Å². The highest BCUT2D eigenvalue weighted by molar-refractivity contribution is 6.12. The van der Waals surface area contributed by atoms with Gasteiger partial charge >= 0.3 is 24.3 Å². The van der Waals surface area contributed by atoms with Gasteiger partial charge in [0.2, 0.25) is 0 Å². The third kappa shape index (κ3) is 3.23. The van der Waals surface area contributed by atoms with Gasteiger partial charge in [0.1, 0.15) is 17.2 Å². The molecule has 0 aromatic heterocycles. The number of carboxylic acids is 2. The first kappa shape index (κ1) is 19.9. The number of aliphatic imine (C=N–C) groups is 1. The van der Waals surface area contributed by atoms with Crippen molar-refractivity contribution in [3.8, 4) is 0 Å². The maximum Gasteiger partial charge on any atom is 0.433 e. The zero-order valence-electron chi connectivity index (χ0n) is 12.1. The Morgan fingerprint density at radius 1 is 1.17 bits per heavy atom. The number of carbonyl (C=O) groups is 2. The van der Waals surface area contributed by atoms with E-state index in [0.29, 0.717) is 6.92 Å². The van der Waals surface area contributed by atoms with Gasteiger partial charge in [0.25, 0.3) is 0 Å². The van der Waals surface area contributed by atoms with Crippen molar-refractivity contribution >= 4 is 17.7 Å². The van der Waals surface area contributed by atoms with Gasteiger partial charge in [0, 0.05) is 6.61 Å². The van der Waals surface area contributed by atoms with Crippen LogP contribution < -0.4 is 0 Å².